The molecule has 11 aromatic rings. The number of benzene rings is 9. The van der Waals surface area contributed by atoms with Gasteiger partial charge in [0.05, 0.1) is 11.1 Å². The molecule has 3 heteroatoms. The first kappa shape index (κ1) is 31.2. The lowest BCUT2D eigenvalue weighted by Gasteiger charge is -2.26. The molecule has 0 radical (unpaired) electrons. The third kappa shape index (κ3) is 5.28. The molecule has 9 aromatic carbocycles. The van der Waals surface area contributed by atoms with Crippen molar-refractivity contribution >= 4 is 71.7 Å². The van der Waals surface area contributed by atoms with E-state index < -0.39 is 0 Å². The monoisotopic (exact) mass is 703 g/mol. The maximum absolute atomic E-state index is 6.65. The smallest absolute Gasteiger partial charge is 0.143 e. The molecule has 258 valence electrons. The van der Waals surface area contributed by atoms with E-state index in [9.17, 15) is 0 Å². The highest BCUT2D eigenvalue weighted by Gasteiger charge is 2.21. The lowest BCUT2D eigenvalue weighted by atomic mass is 9.99. The fraction of sp³-hybridized carbons (Fsp3) is 0. The van der Waals surface area contributed by atoms with Crippen LogP contribution in [0.15, 0.2) is 209 Å². The van der Waals surface area contributed by atoms with E-state index in [-0.39, 0.29) is 0 Å². The van der Waals surface area contributed by atoms with Gasteiger partial charge in [-0.2, -0.15) is 0 Å². The Morgan fingerprint density at radius 3 is 1.58 bits per heavy atom. The zero-order valence-electron chi connectivity index (χ0n) is 29.8. The lowest BCUT2D eigenvalue weighted by Crippen LogP contribution is -2.10. The van der Waals surface area contributed by atoms with Gasteiger partial charge in [0, 0.05) is 32.9 Å². The van der Waals surface area contributed by atoms with Gasteiger partial charge in [-0.05, 0) is 99.4 Å². The van der Waals surface area contributed by atoms with E-state index in [1.54, 1.807) is 0 Å². The summed E-state index contributed by atoms with van der Waals surface area (Å²) in [4.78, 5) is 2.35. The Hall–Kier alpha value is -7.36. The van der Waals surface area contributed by atoms with E-state index in [1.165, 1.54) is 22.3 Å². The number of nitrogens with zero attached hydrogens (tertiary/aromatic N) is 1. The largest absolute Gasteiger partial charge is 0.456 e. The van der Waals surface area contributed by atoms with Crippen molar-refractivity contribution in [3.05, 3.63) is 200 Å². The second-order valence-electron chi connectivity index (χ2n) is 14.1. The second kappa shape index (κ2) is 12.6. The van der Waals surface area contributed by atoms with Crippen LogP contribution in [0.5, 0.6) is 0 Å². The van der Waals surface area contributed by atoms with Gasteiger partial charge in [-0.25, -0.2) is 0 Å². The topological polar surface area (TPSA) is 29.5 Å². The molecule has 0 amide bonds. The molecule has 2 heterocycles. The number of hydrogen-bond acceptors (Lipinski definition) is 3. The molecular formula is C52H33NO2. The van der Waals surface area contributed by atoms with Crippen molar-refractivity contribution in [1.29, 1.82) is 0 Å². The first-order valence-electron chi connectivity index (χ1n) is 18.7. The van der Waals surface area contributed by atoms with E-state index in [2.05, 4.69) is 193 Å². The zero-order valence-corrected chi connectivity index (χ0v) is 29.8. The van der Waals surface area contributed by atoms with Crippen LogP contribution in [0.25, 0.3) is 88.0 Å². The van der Waals surface area contributed by atoms with Crippen molar-refractivity contribution in [2.75, 3.05) is 4.90 Å². The Morgan fingerprint density at radius 1 is 0.309 bits per heavy atom. The maximum Gasteiger partial charge on any atom is 0.143 e. The van der Waals surface area contributed by atoms with Crippen LogP contribution in [0.2, 0.25) is 0 Å². The highest BCUT2D eigenvalue weighted by Crippen LogP contribution is 2.45. The summed E-state index contributed by atoms with van der Waals surface area (Å²) in [6, 6.07) is 71.0. The highest BCUT2D eigenvalue weighted by atomic mass is 16.3. The SMILES string of the molecule is c1ccc(-c2ccc(-c3ccc(N(c4ccc(-c5ccc6oc7ccccc7c6c5)cc4)c4cccc5oc6c7ccccc7ccc6c45)cc3)cc2)cc1. The Kier molecular flexibility index (Phi) is 7.17. The predicted octanol–water partition coefficient (Wildman–Crippen LogP) is 15.1. The molecule has 0 saturated heterocycles. The minimum absolute atomic E-state index is 0.862. The minimum atomic E-state index is 0.862. The van der Waals surface area contributed by atoms with Gasteiger partial charge in [0.1, 0.15) is 22.3 Å². The maximum atomic E-state index is 6.65. The number of para-hydroxylation sites is 1. The summed E-state index contributed by atoms with van der Waals surface area (Å²) < 4.78 is 12.8. The zero-order chi connectivity index (χ0) is 36.3. The van der Waals surface area contributed by atoms with E-state index >= 15 is 0 Å². The first-order valence-corrected chi connectivity index (χ1v) is 18.7. The third-order valence-electron chi connectivity index (χ3n) is 10.9. The lowest BCUT2D eigenvalue weighted by molar-refractivity contribution is 0.669. The number of anilines is 3. The predicted molar refractivity (Wildman–Crippen MR) is 229 cm³/mol. The molecular weight excluding hydrogens is 671 g/mol. The van der Waals surface area contributed by atoms with Gasteiger partial charge in [0.2, 0.25) is 0 Å². The molecule has 0 saturated carbocycles. The molecule has 0 aliphatic carbocycles. The third-order valence-corrected chi connectivity index (χ3v) is 10.9. The van der Waals surface area contributed by atoms with E-state index in [1.807, 2.05) is 12.1 Å². The summed E-state index contributed by atoms with van der Waals surface area (Å²) in [5.41, 5.74) is 13.8. The van der Waals surface area contributed by atoms with Gasteiger partial charge in [0.15, 0.2) is 0 Å². The van der Waals surface area contributed by atoms with E-state index in [0.717, 1.165) is 82.8 Å². The van der Waals surface area contributed by atoms with Gasteiger partial charge in [0.25, 0.3) is 0 Å². The van der Waals surface area contributed by atoms with Gasteiger partial charge >= 0.3 is 0 Å². The Balaban J connectivity index is 1.03. The van der Waals surface area contributed by atoms with Crippen LogP contribution in [-0.4, -0.2) is 0 Å². The number of hydrogen-bond donors (Lipinski definition) is 0. The minimum Gasteiger partial charge on any atom is -0.456 e. The fourth-order valence-corrected chi connectivity index (χ4v) is 8.15. The molecule has 0 atom stereocenters. The van der Waals surface area contributed by atoms with Crippen molar-refractivity contribution in [3.63, 3.8) is 0 Å². The summed E-state index contributed by atoms with van der Waals surface area (Å²) in [7, 11) is 0. The molecule has 2 aromatic heterocycles. The van der Waals surface area contributed by atoms with Crippen molar-refractivity contribution in [3.8, 4) is 33.4 Å². The van der Waals surface area contributed by atoms with Crippen molar-refractivity contribution in [2.24, 2.45) is 0 Å². The Bertz CT molecular complexity index is 3170. The van der Waals surface area contributed by atoms with Crippen LogP contribution < -0.4 is 4.90 Å². The molecule has 0 bridgehead atoms. The average molecular weight is 704 g/mol. The quantitative estimate of drug-likeness (QED) is 0.173. The summed E-state index contributed by atoms with van der Waals surface area (Å²) >= 11 is 0. The average Bonchev–Trinajstić information content (AvgIpc) is 3.84. The van der Waals surface area contributed by atoms with Crippen LogP contribution in [0, 0.1) is 0 Å². The van der Waals surface area contributed by atoms with Crippen LogP contribution in [0.4, 0.5) is 17.1 Å². The van der Waals surface area contributed by atoms with Gasteiger partial charge in [-0.15, -0.1) is 0 Å². The summed E-state index contributed by atoms with van der Waals surface area (Å²) in [6.07, 6.45) is 0. The summed E-state index contributed by atoms with van der Waals surface area (Å²) in [5.74, 6) is 0. The number of furan rings is 2. The van der Waals surface area contributed by atoms with Gasteiger partial charge in [-0.1, -0.05) is 140 Å². The molecule has 11 rings (SSSR count). The second-order valence-corrected chi connectivity index (χ2v) is 14.1. The van der Waals surface area contributed by atoms with Crippen LogP contribution in [-0.2, 0) is 0 Å². The normalized spacial score (nSPS) is 11.6. The molecule has 0 N–H and O–H groups in total. The van der Waals surface area contributed by atoms with Crippen molar-refractivity contribution in [1.82, 2.24) is 0 Å². The van der Waals surface area contributed by atoms with Gasteiger partial charge in [-0.3, -0.25) is 0 Å². The Labute approximate surface area is 317 Å². The molecule has 0 aliphatic heterocycles. The standard InChI is InChI=1S/C52H33NO2/c1-2-9-34(10-3-1)35-17-19-36(20-18-35)37-21-27-41(28-22-37)53(47-14-8-16-50-51(47)45-31-25-39-11-4-5-12-43(39)52(45)55-50)42-29-23-38(24-30-42)40-26-32-49-46(33-40)44-13-6-7-15-48(44)54-49/h1-33H. The summed E-state index contributed by atoms with van der Waals surface area (Å²) in [6.45, 7) is 0. The fourth-order valence-electron chi connectivity index (χ4n) is 8.15. The van der Waals surface area contributed by atoms with E-state index in [0.29, 0.717) is 0 Å². The number of rotatable bonds is 6. The van der Waals surface area contributed by atoms with Crippen molar-refractivity contribution in [2.45, 2.75) is 0 Å². The molecule has 0 unspecified atom stereocenters. The molecule has 0 aliphatic rings. The van der Waals surface area contributed by atoms with Gasteiger partial charge < -0.3 is 13.7 Å². The highest BCUT2D eigenvalue weighted by molar-refractivity contribution is 6.19. The Morgan fingerprint density at radius 2 is 0.855 bits per heavy atom. The van der Waals surface area contributed by atoms with Crippen molar-refractivity contribution < 1.29 is 8.83 Å². The first-order chi connectivity index (χ1) is 27.2. The summed E-state index contributed by atoms with van der Waals surface area (Å²) in [5, 5.41) is 6.72. The van der Waals surface area contributed by atoms with Crippen LogP contribution in [0.1, 0.15) is 0 Å². The molecule has 0 fully saturated rings. The number of fused-ring (bicyclic) bond motifs is 8. The molecule has 3 nitrogen and oxygen atoms in total. The molecule has 55 heavy (non-hydrogen) atoms. The molecule has 0 spiro atoms. The van der Waals surface area contributed by atoms with E-state index in [4.69, 9.17) is 8.83 Å². The van der Waals surface area contributed by atoms with Crippen LogP contribution >= 0.6 is 0 Å². The van der Waals surface area contributed by atoms with Crippen LogP contribution in [0.3, 0.4) is 0 Å².